The number of nitrogens with one attached hydrogen (secondary N) is 1. The van der Waals surface area contributed by atoms with E-state index in [1.165, 1.54) is 4.52 Å². The fraction of sp³-hybridized carbons (Fsp3) is 0.450. The first-order valence-electron chi connectivity index (χ1n) is 9.50. The Balaban J connectivity index is 1.58. The van der Waals surface area contributed by atoms with E-state index >= 15 is 0 Å². The lowest BCUT2D eigenvalue weighted by atomic mass is 9.93. The number of likely N-dealkylation sites (tertiary alicyclic amines) is 1. The third kappa shape index (κ3) is 3.42. The summed E-state index contributed by atoms with van der Waals surface area (Å²) in [5, 5.41) is 3.91. The molecule has 3 aromatic rings. The Morgan fingerprint density at radius 2 is 1.96 bits per heavy atom. The van der Waals surface area contributed by atoms with Crippen LogP contribution in [0.1, 0.15) is 45.2 Å². The van der Waals surface area contributed by atoms with Gasteiger partial charge in [-0.2, -0.15) is 0 Å². The number of aromatic amines is 1. The number of amides is 1. The van der Waals surface area contributed by atoms with Crippen LogP contribution in [-0.2, 0) is 4.74 Å². The molecule has 0 bridgehead atoms. The van der Waals surface area contributed by atoms with Gasteiger partial charge in [0.05, 0.1) is 11.2 Å². The van der Waals surface area contributed by atoms with E-state index in [9.17, 15) is 9.59 Å². The quantitative estimate of drug-likeness (QED) is 0.629. The fourth-order valence-electron chi connectivity index (χ4n) is 3.65. The molecule has 1 saturated heterocycles. The third-order valence-electron chi connectivity index (χ3n) is 5.02. The second kappa shape index (κ2) is 6.54. The van der Waals surface area contributed by atoms with Gasteiger partial charge in [-0.15, -0.1) is 0 Å². The minimum Gasteiger partial charge on any atom is -0.444 e. The van der Waals surface area contributed by atoms with Crippen LogP contribution in [0, 0.1) is 0 Å². The normalized spacial score (nSPS) is 16.0. The molecular weight excluding hydrogens is 358 g/mol. The van der Waals surface area contributed by atoms with E-state index < -0.39 is 5.60 Å². The Morgan fingerprint density at radius 3 is 2.64 bits per heavy atom. The maximum Gasteiger partial charge on any atom is 0.410 e. The van der Waals surface area contributed by atoms with Crippen molar-refractivity contribution in [2.24, 2.45) is 0 Å². The molecule has 1 amide bonds. The molecule has 2 aromatic heterocycles. The predicted octanol–water partition coefficient (Wildman–Crippen LogP) is 2.87. The Kier molecular flexibility index (Phi) is 4.28. The lowest BCUT2D eigenvalue weighted by Crippen LogP contribution is -2.41. The average molecular weight is 383 g/mol. The van der Waals surface area contributed by atoms with Gasteiger partial charge in [-0.05, 0) is 51.8 Å². The van der Waals surface area contributed by atoms with Crippen molar-refractivity contribution in [3.05, 3.63) is 40.3 Å². The van der Waals surface area contributed by atoms with Crippen LogP contribution in [-0.4, -0.2) is 44.3 Å². The summed E-state index contributed by atoms with van der Waals surface area (Å²) >= 11 is 0. The van der Waals surface area contributed by atoms with Gasteiger partial charge in [-0.1, -0.05) is 0 Å². The molecule has 3 N–H and O–H groups in total. The van der Waals surface area contributed by atoms with E-state index in [0.29, 0.717) is 24.4 Å². The van der Waals surface area contributed by atoms with Crippen molar-refractivity contribution in [1.29, 1.82) is 0 Å². The van der Waals surface area contributed by atoms with Crippen molar-refractivity contribution in [2.45, 2.75) is 45.1 Å². The molecule has 148 valence electrons. The molecule has 8 heteroatoms. The SMILES string of the molecule is CC(C)(C)OC(=O)N1CCC(c2cc(=O)n3[nH]c4cc(N)ccc4c3n2)CC1. The Labute approximate surface area is 162 Å². The molecule has 0 atom stereocenters. The van der Waals surface area contributed by atoms with Gasteiger partial charge in [0.15, 0.2) is 5.65 Å². The second-order valence-corrected chi connectivity index (χ2v) is 8.34. The number of piperidine rings is 1. The van der Waals surface area contributed by atoms with Gasteiger partial charge in [-0.25, -0.2) is 14.3 Å². The molecule has 0 unspecified atom stereocenters. The van der Waals surface area contributed by atoms with E-state index in [2.05, 4.69) is 5.10 Å². The van der Waals surface area contributed by atoms with Crippen molar-refractivity contribution < 1.29 is 9.53 Å². The van der Waals surface area contributed by atoms with Gasteiger partial charge in [0.1, 0.15) is 5.60 Å². The third-order valence-corrected chi connectivity index (χ3v) is 5.02. The van der Waals surface area contributed by atoms with Crippen LogP contribution < -0.4 is 11.3 Å². The lowest BCUT2D eigenvalue weighted by molar-refractivity contribution is 0.0204. The number of rotatable bonds is 1. The number of hydrogen-bond acceptors (Lipinski definition) is 5. The number of benzene rings is 1. The number of nitrogens with zero attached hydrogens (tertiary/aromatic N) is 3. The van der Waals surface area contributed by atoms with E-state index in [1.54, 1.807) is 23.1 Å². The molecule has 1 aromatic carbocycles. The number of anilines is 1. The molecule has 1 aliphatic rings. The summed E-state index contributed by atoms with van der Waals surface area (Å²) in [6, 6.07) is 7.05. The van der Waals surface area contributed by atoms with Gasteiger partial charge < -0.3 is 15.4 Å². The second-order valence-electron chi connectivity index (χ2n) is 8.34. The predicted molar refractivity (Wildman–Crippen MR) is 108 cm³/mol. The first-order chi connectivity index (χ1) is 13.2. The Morgan fingerprint density at radius 1 is 1.25 bits per heavy atom. The number of ether oxygens (including phenoxy) is 1. The van der Waals surface area contributed by atoms with Crippen LogP contribution in [0.25, 0.3) is 16.6 Å². The number of carbonyl (C=O) groups excluding carboxylic acids is 1. The minimum absolute atomic E-state index is 0.134. The first kappa shape index (κ1) is 18.3. The highest BCUT2D eigenvalue weighted by Gasteiger charge is 2.28. The summed E-state index contributed by atoms with van der Waals surface area (Å²) in [5.74, 6) is 0.134. The number of nitrogens with two attached hydrogens (primary N) is 1. The van der Waals surface area contributed by atoms with Gasteiger partial charge in [0.2, 0.25) is 0 Å². The van der Waals surface area contributed by atoms with Crippen molar-refractivity contribution >= 4 is 28.3 Å². The molecule has 1 aliphatic heterocycles. The molecule has 4 rings (SSSR count). The van der Waals surface area contributed by atoms with Crippen LogP contribution in [0.4, 0.5) is 10.5 Å². The Bertz CT molecular complexity index is 1100. The van der Waals surface area contributed by atoms with Crippen LogP contribution >= 0.6 is 0 Å². The summed E-state index contributed by atoms with van der Waals surface area (Å²) in [7, 11) is 0. The molecule has 8 nitrogen and oxygen atoms in total. The number of hydrogen-bond donors (Lipinski definition) is 2. The number of H-pyrrole nitrogens is 1. The molecule has 28 heavy (non-hydrogen) atoms. The van der Waals surface area contributed by atoms with Gasteiger partial charge >= 0.3 is 6.09 Å². The summed E-state index contributed by atoms with van der Waals surface area (Å²) < 4.78 is 6.89. The van der Waals surface area contributed by atoms with E-state index in [-0.39, 0.29) is 17.6 Å². The average Bonchev–Trinajstić information content (AvgIpc) is 2.98. The molecule has 0 aliphatic carbocycles. The zero-order chi connectivity index (χ0) is 20.1. The largest absolute Gasteiger partial charge is 0.444 e. The summed E-state index contributed by atoms with van der Waals surface area (Å²) in [5.41, 5.74) is 7.96. The summed E-state index contributed by atoms with van der Waals surface area (Å²) in [6.07, 6.45) is 1.21. The summed E-state index contributed by atoms with van der Waals surface area (Å²) in [6.45, 7) is 6.76. The molecule has 1 fully saturated rings. The highest BCUT2D eigenvalue weighted by Crippen LogP contribution is 2.28. The number of nitrogen functional groups attached to an aromatic ring is 1. The van der Waals surface area contributed by atoms with Crippen LogP contribution in [0.5, 0.6) is 0 Å². The zero-order valence-electron chi connectivity index (χ0n) is 16.4. The Hall–Kier alpha value is -3.03. The van der Waals surface area contributed by atoms with Crippen molar-refractivity contribution in [2.75, 3.05) is 18.8 Å². The maximum atomic E-state index is 12.6. The number of aromatic nitrogens is 3. The standard InChI is InChI=1S/C20H25N5O3/c1-20(2,3)28-19(27)24-8-6-12(7-9-24)15-11-17(26)25-18(22-15)14-5-4-13(21)10-16(14)23-25/h4-5,10-12,23H,6-9,21H2,1-3H3. The van der Waals surface area contributed by atoms with Crippen molar-refractivity contribution in [3.63, 3.8) is 0 Å². The first-order valence-corrected chi connectivity index (χ1v) is 9.50. The molecule has 0 spiro atoms. The molecule has 3 heterocycles. The molecule has 0 saturated carbocycles. The van der Waals surface area contributed by atoms with Crippen molar-refractivity contribution in [3.8, 4) is 0 Å². The van der Waals surface area contributed by atoms with Gasteiger partial charge in [0.25, 0.3) is 5.56 Å². The fourth-order valence-corrected chi connectivity index (χ4v) is 3.65. The highest BCUT2D eigenvalue weighted by atomic mass is 16.6. The number of fused-ring (bicyclic) bond motifs is 3. The van der Waals surface area contributed by atoms with Crippen molar-refractivity contribution in [1.82, 2.24) is 19.5 Å². The van der Waals surface area contributed by atoms with E-state index in [1.807, 2.05) is 26.8 Å². The van der Waals surface area contributed by atoms with E-state index in [4.69, 9.17) is 15.5 Å². The van der Waals surface area contributed by atoms with Gasteiger partial charge in [0, 0.05) is 36.1 Å². The maximum absolute atomic E-state index is 12.6. The minimum atomic E-state index is -0.506. The summed E-state index contributed by atoms with van der Waals surface area (Å²) in [4.78, 5) is 31.3. The lowest BCUT2D eigenvalue weighted by Gasteiger charge is -2.33. The smallest absolute Gasteiger partial charge is 0.410 e. The van der Waals surface area contributed by atoms with Crippen LogP contribution in [0.15, 0.2) is 29.1 Å². The topological polar surface area (TPSA) is 106 Å². The van der Waals surface area contributed by atoms with Gasteiger partial charge in [-0.3, -0.25) is 9.89 Å². The molecular formula is C20H25N5O3. The highest BCUT2D eigenvalue weighted by molar-refractivity contribution is 5.93. The number of carbonyl (C=O) groups is 1. The van der Waals surface area contributed by atoms with E-state index in [0.717, 1.165) is 29.4 Å². The zero-order valence-corrected chi connectivity index (χ0v) is 16.4. The van der Waals surface area contributed by atoms with Crippen LogP contribution in [0.2, 0.25) is 0 Å². The monoisotopic (exact) mass is 383 g/mol. The van der Waals surface area contributed by atoms with Crippen LogP contribution in [0.3, 0.4) is 0 Å². The molecule has 0 radical (unpaired) electrons.